The number of thioether (sulfide) groups is 1. The molecule has 3 rings (SSSR count). The molecule has 1 heterocycles. The van der Waals surface area contributed by atoms with Crippen LogP contribution in [0.2, 0.25) is 0 Å². The maximum atomic E-state index is 12.7. The lowest BCUT2D eigenvalue weighted by atomic mass is 10.1. The van der Waals surface area contributed by atoms with Gasteiger partial charge in [-0.25, -0.2) is 4.79 Å². The van der Waals surface area contributed by atoms with E-state index in [9.17, 15) is 9.59 Å². The predicted molar refractivity (Wildman–Crippen MR) is 125 cm³/mol. The zero-order valence-electron chi connectivity index (χ0n) is 17.7. The van der Waals surface area contributed by atoms with Gasteiger partial charge in [0.15, 0.2) is 0 Å². The quantitative estimate of drug-likeness (QED) is 0.705. The van der Waals surface area contributed by atoms with Gasteiger partial charge in [0.05, 0.1) is 0 Å². The molecule has 0 aliphatic carbocycles. The van der Waals surface area contributed by atoms with E-state index < -0.39 is 0 Å². The van der Waals surface area contributed by atoms with Crippen LogP contribution in [0.1, 0.15) is 18.1 Å². The van der Waals surface area contributed by atoms with E-state index in [4.69, 9.17) is 0 Å². The Bertz CT molecular complexity index is 868. The van der Waals surface area contributed by atoms with Crippen molar-refractivity contribution < 1.29 is 9.59 Å². The van der Waals surface area contributed by atoms with Gasteiger partial charge >= 0.3 is 6.03 Å². The molecule has 3 amide bonds. The number of hydrogen-bond acceptors (Lipinski definition) is 4. The molecule has 0 radical (unpaired) electrons. The van der Waals surface area contributed by atoms with Crippen molar-refractivity contribution in [3.05, 3.63) is 59.7 Å². The van der Waals surface area contributed by atoms with Crippen molar-refractivity contribution in [3.63, 3.8) is 0 Å². The van der Waals surface area contributed by atoms with Crippen LogP contribution in [-0.4, -0.2) is 59.9 Å². The van der Waals surface area contributed by atoms with Crippen molar-refractivity contribution in [1.29, 1.82) is 0 Å². The number of urea groups is 1. The van der Waals surface area contributed by atoms with Gasteiger partial charge in [0.1, 0.15) is 6.54 Å². The van der Waals surface area contributed by atoms with E-state index in [-0.39, 0.29) is 18.5 Å². The highest BCUT2D eigenvalue weighted by molar-refractivity contribution is 7.99. The summed E-state index contributed by atoms with van der Waals surface area (Å²) in [4.78, 5) is 28.9. The van der Waals surface area contributed by atoms with Gasteiger partial charge in [-0.3, -0.25) is 9.69 Å². The first-order valence-corrected chi connectivity index (χ1v) is 11.5. The van der Waals surface area contributed by atoms with Crippen molar-refractivity contribution in [2.75, 3.05) is 48.8 Å². The number of carbonyl (C=O) groups is 2. The maximum absolute atomic E-state index is 12.7. The highest BCUT2D eigenvalue weighted by Crippen LogP contribution is 2.20. The van der Waals surface area contributed by atoms with Crippen molar-refractivity contribution in [1.82, 2.24) is 9.80 Å². The van der Waals surface area contributed by atoms with Crippen LogP contribution in [0, 0.1) is 0 Å². The Labute approximate surface area is 183 Å². The fourth-order valence-corrected chi connectivity index (χ4v) is 4.40. The fraction of sp³-hybridized carbons (Fsp3) is 0.391. The molecule has 1 saturated heterocycles. The Balaban J connectivity index is 1.57. The molecule has 1 aliphatic heterocycles. The van der Waals surface area contributed by atoms with Crippen LogP contribution in [0.25, 0.3) is 0 Å². The summed E-state index contributed by atoms with van der Waals surface area (Å²) in [7, 11) is 1.63. The molecule has 2 aromatic carbocycles. The highest BCUT2D eigenvalue weighted by atomic mass is 32.2. The summed E-state index contributed by atoms with van der Waals surface area (Å²) in [6.45, 7) is 4.97. The van der Waals surface area contributed by atoms with E-state index >= 15 is 0 Å². The van der Waals surface area contributed by atoms with Gasteiger partial charge in [-0.2, -0.15) is 11.8 Å². The molecule has 0 bridgehead atoms. The number of carbonyl (C=O) groups excluding carboxylic acids is 2. The average molecular weight is 427 g/mol. The van der Waals surface area contributed by atoms with Crippen LogP contribution in [0.5, 0.6) is 0 Å². The Kier molecular flexibility index (Phi) is 8.16. The van der Waals surface area contributed by atoms with Gasteiger partial charge in [0, 0.05) is 49.6 Å². The number of para-hydroxylation sites is 2. The molecule has 0 spiro atoms. The lowest BCUT2D eigenvalue weighted by molar-refractivity contribution is -0.116. The first-order chi connectivity index (χ1) is 14.6. The maximum Gasteiger partial charge on any atom is 0.322 e. The molecule has 2 aromatic rings. The second-order valence-electron chi connectivity index (χ2n) is 7.39. The molecular weight excluding hydrogens is 396 g/mol. The average Bonchev–Trinajstić information content (AvgIpc) is 2.76. The zero-order valence-corrected chi connectivity index (χ0v) is 18.5. The molecule has 2 N–H and O–H groups in total. The summed E-state index contributed by atoms with van der Waals surface area (Å²) in [5, 5.41) is 5.87. The summed E-state index contributed by atoms with van der Waals surface area (Å²) >= 11 is 1.98. The van der Waals surface area contributed by atoms with Gasteiger partial charge in [0.2, 0.25) is 5.91 Å². The van der Waals surface area contributed by atoms with E-state index in [0.717, 1.165) is 60.1 Å². The Morgan fingerprint density at radius 3 is 2.23 bits per heavy atom. The van der Waals surface area contributed by atoms with Crippen LogP contribution in [0.15, 0.2) is 48.5 Å². The predicted octanol–water partition coefficient (Wildman–Crippen LogP) is 3.90. The van der Waals surface area contributed by atoms with Crippen LogP contribution in [0.3, 0.4) is 0 Å². The third-order valence-electron chi connectivity index (χ3n) is 5.16. The molecule has 0 aromatic heterocycles. The first-order valence-electron chi connectivity index (χ1n) is 10.3. The van der Waals surface area contributed by atoms with Crippen LogP contribution in [0.4, 0.5) is 16.2 Å². The van der Waals surface area contributed by atoms with Crippen LogP contribution >= 0.6 is 11.8 Å². The second-order valence-corrected chi connectivity index (χ2v) is 8.62. The SMILES string of the molecule is CCc1ccccc1NC(=O)CN(C)C(=O)Nc1ccccc1CN1CCSCC1. The number of amides is 3. The van der Waals surface area contributed by atoms with Gasteiger partial charge in [-0.1, -0.05) is 43.3 Å². The normalized spacial score (nSPS) is 14.2. The van der Waals surface area contributed by atoms with E-state index in [1.807, 2.05) is 67.2 Å². The number of rotatable bonds is 7. The molecule has 1 fully saturated rings. The summed E-state index contributed by atoms with van der Waals surface area (Å²) in [6.07, 6.45) is 0.833. The van der Waals surface area contributed by atoms with E-state index in [2.05, 4.69) is 15.5 Å². The van der Waals surface area contributed by atoms with Crippen molar-refractivity contribution in [2.45, 2.75) is 19.9 Å². The Hall–Kier alpha value is -2.51. The van der Waals surface area contributed by atoms with Gasteiger partial charge < -0.3 is 15.5 Å². The number of benzene rings is 2. The molecule has 0 unspecified atom stereocenters. The topological polar surface area (TPSA) is 64.7 Å². The molecule has 0 atom stereocenters. The standard InChI is InChI=1S/C23H30N4O2S/c1-3-18-8-4-6-10-20(18)24-22(28)17-26(2)23(29)25-21-11-7-5-9-19(21)16-27-12-14-30-15-13-27/h4-11H,3,12-17H2,1-2H3,(H,24,28)(H,25,29). The molecule has 30 heavy (non-hydrogen) atoms. The molecule has 7 heteroatoms. The second kappa shape index (κ2) is 11.0. The Morgan fingerprint density at radius 2 is 1.57 bits per heavy atom. The third-order valence-corrected chi connectivity index (χ3v) is 6.10. The molecule has 160 valence electrons. The summed E-state index contributed by atoms with van der Waals surface area (Å²) in [5.41, 5.74) is 3.75. The minimum Gasteiger partial charge on any atom is -0.324 e. The van der Waals surface area contributed by atoms with Gasteiger partial charge in [-0.15, -0.1) is 0 Å². The lowest BCUT2D eigenvalue weighted by Gasteiger charge is -2.27. The number of anilines is 2. The van der Waals surface area contributed by atoms with Gasteiger partial charge in [-0.05, 0) is 29.7 Å². The van der Waals surface area contributed by atoms with Crippen LogP contribution in [-0.2, 0) is 17.8 Å². The molecule has 0 saturated carbocycles. The molecule has 6 nitrogen and oxygen atoms in total. The number of likely N-dealkylation sites (N-methyl/N-ethyl adjacent to an activating group) is 1. The van der Waals surface area contributed by atoms with E-state index in [1.54, 1.807) is 7.05 Å². The summed E-state index contributed by atoms with van der Waals surface area (Å²) in [6, 6.07) is 15.3. The van der Waals surface area contributed by atoms with Crippen molar-refractivity contribution in [2.24, 2.45) is 0 Å². The van der Waals surface area contributed by atoms with Crippen molar-refractivity contribution in [3.8, 4) is 0 Å². The smallest absolute Gasteiger partial charge is 0.322 e. The Morgan fingerprint density at radius 1 is 0.967 bits per heavy atom. The summed E-state index contributed by atoms with van der Waals surface area (Å²) < 4.78 is 0. The minimum atomic E-state index is -0.296. The van der Waals surface area contributed by atoms with Crippen molar-refractivity contribution >= 4 is 35.1 Å². The number of nitrogens with zero attached hydrogens (tertiary/aromatic N) is 2. The largest absolute Gasteiger partial charge is 0.324 e. The minimum absolute atomic E-state index is 0.0185. The summed E-state index contributed by atoms with van der Waals surface area (Å²) in [5.74, 6) is 2.08. The lowest BCUT2D eigenvalue weighted by Crippen LogP contribution is -2.38. The van der Waals surface area contributed by atoms with Crippen LogP contribution < -0.4 is 10.6 Å². The number of nitrogens with one attached hydrogen (secondary N) is 2. The molecular formula is C23H30N4O2S. The molecule has 1 aliphatic rings. The number of hydrogen-bond donors (Lipinski definition) is 2. The monoisotopic (exact) mass is 426 g/mol. The van der Waals surface area contributed by atoms with E-state index in [1.165, 1.54) is 4.90 Å². The fourth-order valence-electron chi connectivity index (χ4n) is 3.42. The van der Waals surface area contributed by atoms with Gasteiger partial charge in [0.25, 0.3) is 0 Å². The highest BCUT2D eigenvalue weighted by Gasteiger charge is 2.17. The number of aryl methyl sites for hydroxylation is 1. The zero-order chi connectivity index (χ0) is 21.3. The third kappa shape index (κ3) is 6.24. The van der Waals surface area contributed by atoms with E-state index in [0.29, 0.717) is 0 Å². The first kappa shape index (κ1) is 22.2.